The molecule has 0 heterocycles. The maximum atomic E-state index is 12.8. The van der Waals surface area contributed by atoms with Crippen LogP contribution in [0.2, 0.25) is 0 Å². The third-order valence-electron chi connectivity index (χ3n) is 5.83. The molecule has 1 spiro atoms. The predicted octanol–water partition coefficient (Wildman–Crippen LogP) is 4.20. The molecule has 1 fully saturated rings. The van der Waals surface area contributed by atoms with Gasteiger partial charge in [-0.2, -0.15) is 0 Å². The first-order valence-corrected chi connectivity index (χ1v) is 7.91. The van der Waals surface area contributed by atoms with E-state index in [1.165, 1.54) is 23.1 Å². The van der Waals surface area contributed by atoms with Gasteiger partial charge >= 0.3 is 0 Å². The van der Waals surface area contributed by atoms with Gasteiger partial charge < -0.3 is 0 Å². The number of allylic oxidation sites excluding steroid dienone is 2. The molecule has 2 bridgehead atoms. The van der Waals surface area contributed by atoms with Crippen molar-refractivity contribution in [2.75, 3.05) is 0 Å². The van der Waals surface area contributed by atoms with E-state index in [2.05, 4.69) is 38.1 Å². The van der Waals surface area contributed by atoms with Gasteiger partial charge in [0.1, 0.15) is 5.78 Å². The molecule has 104 valence electrons. The van der Waals surface area contributed by atoms with Crippen molar-refractivity contribution < 1.29 is 4.79 Å². The zero-order valence-corrected chi connectivity index (χ0v) is 12.4. The number of benzene rings is 1. The molecule has 3 aliphatic rings. The molecule has 2 atom stereocenters. The second-order valence-electron chi connectivity index (χ2n) is 7.29. The molecule has 0 aliphatic heterocycles. The van der Waals surface area contributed by atoms with Gasteiger partial charge in [0, 0.05) is 11.8 Å². The first-order chi connectivity index (χ1) is 9.58. The summed E-state index contributed by atoms with van der Waals surface area (Å²) in [6.45, 7) is 4.49. The normalized spacial score (nSPS) is 31.1. The van der Waals surface area contributed by atoms with Crippen LogP contribution in [0.1, 0.15) is 55.7 Å². The zero-order chi connectivity index (χ0) is 13.9. The van der Waals surface area contributed by atoms with Crippen LogP contribution in [0.3, 0.4) is 0 Å². The summed E-state index contributed by atoms with van der Waals surface area (Å²) in [5.41, 5.74) is 5.65. The third-order valence-corrected chi connectivity index (χ3v) is 5.83. The molecule has 0 radical (unpaired) electrons. The molecule has 0 N–H and O–H groups in total. The molecule has 0 saturated heterocycles. The van der Waals surface area contributed by atoms with Gasteiger partial charge in [-0.25, -0.2) is 0 Å². The summed E-state index contributed by atoms with van der Waals surface area (Å²) < 4.78 is 0. The second kappa shape index (κ2) is 4.07. The van der Waals surface area contributed by atoms with Crippen molar-refractivity contribution in [2.45, 2.75) is 51.9 Å². The molecule has 0 amide bonds. The summed E-state index contributed by atoms with van der Waals surface area (Å²) in [4.78, 5) is 12.8. The Morgan fingerprint density at radius 1 is 1.20 bits per heavy atom. The minimum absolute atomic E-state index is 0.0350. The summed E-state index contributed by atoms with van der Waals surface area (Å²) in [6.07, 6.45) is 7.40. The lowest BCUT2D eigenvalue weighted by Gasteiger charge is -2.39. The van der Waals surface area contributed by atoms with Crippen molar-refractivity contribution in [3.05, 3.63) is 46.5 Å². The number of ketones is 1. The van der Waals surface area contributed by atoms with E-state index in [4.69, 9.17) is 0 Å². The largest absolute Gasteiger partial charge is 0.299 e. The van der Waals surface area contributed by atoms with Crippen LogP contribution in [0.4, 0.5) is 0 Å². The van der Waals surface area contributed by atoms with Crippen molar-refractivity contribution >= 4 is 5.78 Å². The fraction of sp³-hybridized carbons (Fsp3) is 0.526. The zero-order valence-electron chi connectivity index (χ0n) is 12.4. The van der Waals surface area contributed by atoms with E-state index >= 15 is 0 Å². The highest BCUT2D eigenvalue weighted by Crippen LogP contribution is 2.56. The molecule has 1 aromatic rings. The Morgan fingerprint density at radius 2 is 2.05 bits per heavy atom. The van der Waals surface area contributed by atoms with Crippen molar-refractivity contribution in [2.24, 2.45) is 11.3 Å². The number of hydrogen-bond donors (Lipinski definition) is 0. The summed E-state index contributed by atoms with van der Waals surface area (Å²) in [5.74, 6) is 1.67. The Morgan fingerprint density at radius 3 is 2.70 bits per heavy atom. The topological polar surface area (TPSA) is 17.1 Å². The van der Waals surface area contributed by atoms with E-state index in [9.17, 15) is 4.79 Å². The molecule has 4 rings (SSSR count). The lowest BCUT2D eigenvalue weighted by Crippen LogP contribution is -2.42. The van der Waals surface area contributed by atoms with Crippen molar-refractivity contribution in [1.29, 1.82) is 0 Å². The second-order valence-corrected chi connectivity index (χ2v) is 7.29. The molecule has 1 aromatic carbocycles. The fourth-order valence-electron chi connectivity index (χ4n) is 4.57. The quantitative estimate of drug-likeness (QED) is 0.696. The standard InChI is InChI=1S/C19H22O/c1-12(2)14-4-5-15-9-18(20)19(11-16(15)8-14)10-13-3-6-17(19)7-13/h3-5,8,12,17H,6-7,9-11H2,1-2H3. The monoisotopic (exact) mass is 266 g/mol. The van der Waals surface area contributed by atoms with Crippen LogP contribution in [0.25, 0.3) is 0 Å². The maximum absolute atomic E-state index is 12.8. The molecular formula is C19H22O. The average molecular weight is 266 g/mol. The van der Waals surface area contributed by atoms with Crippen molar-refractivity contribution in [3.63, 3.8) is 0 Å². The molecule has 1 heteroatoms. The van der Waals surface area contributed by atoms with Gasteiger partial charge in [0.2, 0.25) is 0 Å². The number of carbonyl (C=O) groups excluding carboxylic acids is 1. The SMILES string of the molecule is CC(C)c1ccc2c(c1)CC1(CC3=CCC1C3)C(=O)C2. The van der Waals surface area contributed by atoms with Gasteiger partial charge in [0.15, 0.2) is 0 Å². The van der Waals surface area contributed by atoms with Gasteiger partial charge in [0.25, 0.3) is 0 Å². The molecule has 1 saturated carbocycles. The highest BCUT2D eigenvalue weighted by Gasteiger charge is 2.53. The molecule has 20 heavy (non-hydrogen) atoms. The molecular weight excluding hydrogens is 244 g/mol. The van der Waals surface area contributed by atoms with Gasteiger partial charge in [-0.1, -0.05) is 43.7 Å². The molecule has 2 unspecified atom stereocenters. The van der Waals surface area contributed by atoms with Crippen molar-refractivity contribution in [1.82, 2.24) is 0 Å². The number of rotatable bonds is 1. The number of carbonyl (C=O) groups is 1. The van der Waals surface area contributed by atoms with Crippen LogP contribution in [-0.4, -0.2) is 5.78 Å². The van der Waals surface area contributed by atoms with E-state index in [0.717, 1.165) is 19.3 Å². The van der Waals surface area contributed by atoms with E-state index in [0.29, 0.717) is 24.0 Å². The molecule has 3 aliphatic carbocycles. The minimum Gasteiger partial charge on any atom is -0.299 e. The highest BCUT2D eigenvalue weighted by molar-refractivity contribution is 5.90. The van der Waals surface area contributed by atoms with Crippen LogP contribution in [0.15, 0.2) is 29.8 Å². The van der Waals surface area contributed by atoms with E-state index in [-0.39, 0.29) is 5.41 Å². The fourth-order valence-corrected chi connectivity index (χ4v) is 4.57. The average Bonchev–Trinajstić information content (AvgIpc) is 3.00. The van der Waals surface area contributed by atoms with Gasteiger partial charge in [-0.05, 0) is 54.2 Å². The van der Waals surface area contributed by atoms with E-state index < -0.39 is 0 Å². The first kappa shape index (κ1) is 12.4. The number of Topliss-reactive ketones (excluding diaryl/α,β-unsaturated/α-hetero) is 1. The summed E-state index contributed by atoms with van der Waals surface area (Å²) >= 11 is 0. The number of fused-ring (bicyclic) bond motifs is 4. The summed E-state index contributed by atoms with van der Waals surface area (Å²) in [5, 5.41) is 0. The third kappa shape index (κ3) is 1.58. The van der Waals surface area contributed by atoms with Crippen LogP contribution in [0, 0.1) is 11.3 Å². The Bertz CT molecular complexity index is 623. The summed E-state index contributed by atoms with van der Waals surface area (Å²) in [7, 11) is 0. The Balaban J connectivity index is 1.76. The summed E-state index contributed by atoms with van der Waals surface area (Å²) in [6, 6.07) is 6.77. The minimum atomic E-state index is -0.0350. The van der Waals surface area contributed by atoms with Crippen molar-refractivity contribution in [3.8, 4) is 0 Å². The van der Waals surface area contributed by atoms with E-state index in [1.807, 2.05) is 0 Å². The number of hydrogen-bond acceptors (Lipinski definition) is 1. The van der Waals surface area contributed by atoms with Crippen LogP contribution >= 0.6 is 0 Å². The highest BCUT2D eigenvalue weighted by atomic mass is 16.1. The van der Waals surface area contributed by atoms with Crippen LogP contribution in [0.5, 0.6) is 0 Å². The van der Waals surface area contributed by atoms with Gasteiger partial charge in [-0.15, -0.1) is 0 Å². The Kier molecular flexibility index (Phi) is 2.52. The molecule has 0 aromatic heterocycles. The first-order valence-electron chi connectivity index (χ1n) is 7.91. The Hall–Kier alpha value is -1.37. The van der Waals surface area contributed by atoms with Crippen LogP contribution in [-0.2, 0) is 17.6 Å². The smallest absolute Gasteiger partial charge is 0.144 e. The lowest BCUT2D eigenvalue weighted by molar-refractivity contribution is -0.131. The molecule has 1 nitrogen and oxygen atoms in total. The predicted molar refractivity (Wildman–Crippen MR) is 80.8 cm³/mol. The van der Waals surface area contributed by atoms with E-state index in [1.54, 1.807) is 5.57 Å². The Labute approximate surface area is 121 Å². The van der Waals surface area contributed by atoms with Gasteiger partial charge in [-0.3, -0.25) is 4.79 Å². The lowest BCUT2D eigenvalue weighted by atomic mass is 9.63. The van der Waals surface area contributed by atoms with Crippen LogP contribution < -0.4 is 0 Å². The van der Waals surface area contributed by atoms with Gasteiger partial charge in [0.05, 0.1) is 0 Å². The maximum Gasteiger partial charge on any atom is 0.144 e.